The molecule has 0 aliphatic rings. The van der Waals surface area contributed by atoms with Gasteiger partial charge in [0.05, 0.1) is 5.69 Å². The smallest absolute Gasteiger partial charge is 0.259 e. The number of hydrogen-bond donors (Lipinski definition) is 0. The lowest BCUT2D eigenvalue weighted by Gasteiger charge is -2.00. The number of fused-ring (bicyclic) bond motifs is 1. The highest BCUT2D eigenvalue weighted by molar-refractivity contribution is 7.15. The number of tetrazole rings is 1. The third kappa shape index (κ3) is 2.58. The van der Waals surface area contributed by atoms with Crippen molar-refractivity contribution in [2.24, 2.45) is 0 Å². The van der Waals surface area contributed by atoms with E-state index in [1.54, 1.807) is 16.5 Å². The lowest BCUT2D eigenvalue weighted by molar-refractivity contribution is 0.564. The number of halogens is 1. The van der Waals surface area contributed by atoms with E-state index in [1.165, 1.54) is 34.3 Å². The Morgan fingerprint density at radius 3 is 2.83 bits per heavy atom. The average molecular weight is 342 g/mol. The minimum absolute atomic E-state index is 0.132. The predicted molar refractivity (Wildman–Crippen MR) is 86.4 cm³/mol. The van der Waals surface area contributed by atoms with Crippen LogP contribution < -0.4 is 5.56 Å². The molecule has 7 nitrogen and oxygen atoms in total. The molecule has 0 saturated carbocycles. The summed E-state index contributed by atoms with van der Waals surface area (Å²) >= 11 is 1.41. The molecule has 120 valence electrons. The molecule has 0 N–H and O–H groups in total. The minimum Gasteiger partial charge on any atom is -0.269 e. The maximum atomic E-state index is 13.0. The zero-order valence-electron chi connectivity index (χ0n) is 12.5. The quantitative estimate of drug-likeness (QED) is 0.568. The van der Waals surface area contributed by atoms with Gasteiger partial charge in [0.1, 0.15) is 12.4 Å². The topological polar surface area (TPSA) is 78.0 Å². The third-order valence-corrected chi connectivity index (χ3v) is 4.43. The number of thiazole rings is 1. The van der Waals surface area contributed by atoms with Crippen LogP contribution in [0.25, 0.3) is 16.3 Å². The zero-order valence-corrected chi connectivity index (χ0v) is 13.4. The first kappa shape index (κ1) is 14.6. The van der Waals surface area contributed by atoms with Crippen molar-refractivity contribution in [3.05, 3.63) is 63.3 Å². The molecule has 0 fully saturated rings. The van der Waals surface area contributed by atoms with Gasteiger partial charge in [0, 0.05) is 22.7 Å². The monoisotopic (exact) mass is 342 g/mol. The van der Waals surface area contributed by atoms with Gasteiger partial charge in [-0.2, -0.15) is 4.80 Å². The normalized spacial score (nSPS) is 11.2. The van der Waals surface area contributed by atoms with E-state index in [4.69, 9.17) is 0 Å². The average Bonchev–Trinajstić information content (AvgIpc) is 3.16. The number of aryl methyl sites for hydroxylation is 1. The molecule has 0 atom stereocenters. The van der Waals surface area contributed by atoms with E-state index in [-0.39, 0.29) is 17.9 Å². The van der Waals surface area contributed by atoms with E-state index in [9.17, 15) is 9.18 Å². The van der Waals surface area contributed by atoms with Gasteiger partial charge in [-0.1, -0.05) is 0 Å². The molecular weight excluding hydrogens is 331 g/mol. The predicted octanol–water partition coefficient (Wildman–Crippen LogP) is 1.91. The molecule has 4 rings (SSSR count). The van der Waals surface area contributed by atoms with Crippen molar-refractivity contribution in [3.63, 3.8) is 0 Å². The fraction of sp³-hybridized carbons (Fsp3) is 0.133. The maximum Gasteiger partial charge on any atom is 0.259 e. The van der Waals surface area contributed by atoms with Gasteiger partial charge < -0.3 is 0 Å². The lowest BCUT2D eigenvalue weighted by Crippen LogP contribution is -2.17. The van der Waals surface area contributed by atoms with Crippen LogP contribution >= 0.6 is 11.3 Å². The number of rotatable bonds is 3. The van der Waals surface area contributed by atoms with Crippen LogP contribution in [0.3, 0.4) is 0 Å². The standard InChI is InChI=1S/C15H11FN6OS/c1-9-8-24-15-17-12(6-13(23)22(9)15)7-21-19-14(18-20-21)10-2-4-11(16)5-3-10/h2-6,8H,7H2,1H3. The summed E-state index contributed by atoms with van der Waals surface area (Å²) in [6.07, 6.45) is 0. The van der Waals surface area contributed by atoms with Crippen molar-refractivity contribution < 1.29 is 4.39 Å². The molecule has 0 radical (unpaired) electrons. The first-order valence-corrected chi connectivity index (χ1v) is 7.99. The second-order valence-electron chi connectivity index (χ2n) is 5.23. The molecule has 0 saturated heterocycles. The zero-order chi connectivity index (χ0) is 16.7. The van der Waals surface area contributed by atoms with Crippen LogP contribution in [0.15, 0.2) is 40.5 Å². The van der Waals surface area contributed by atoms with E-state index in [1.807, 2.05) is 12.3 Å². The molecule has 0 aliphatic heterocycles. The Kier molecular flexibility index (Phi) is 3.42. The van der Waals surface area contributed by atoms with Gasteiger partial charge in [-0.25, -0.2) is 9.37 Å². The van der Waals surface area contributed by atoms with Crippen LogP contribution in [-0.2, 0) is 6.54 Å². The van der Waals surface area contributed by atoms with Gasteiger partial charge in [-0.05, 0) is 36.4 Å². The molecule has 9 heteroatoms. The van der Waals surface area contributed by atoms with Crippen LogP contribution in [-0.4, -0.2) is 29.6 Å². The summed E-state index contributed by atoms with van der Waals surface area (Å²) in [5.74, 6) is 0.0649. The minimum atomic E-state index is -0.324. The molecule has 1 aromatic carbocycles. The number of aromatic nitrogens is 6. The largest absolute Gasteiger partial charge is 0.269 e. The molecule has 3 heterocycles. The summed E-state index contributed by atoms with van der Waals surface area (Å²) in [5, 5.41) is 14.0. The van der Waals surface area contributed by atoms with E-state index < -0.39 is 0 Å². The van der Waals surface area contributed by atoms with Crippen molar-refractivity contribution in [2.45, 2.75) is 13.5 Å². The second kappa shape index (κ2) is 5.60. The highest BCUT2D eigenvalue weighted by Gasteiger charge is 2.10. The molecule has 0 bridgehead atoms. The van der Waals surface area contributed by atoms with Gasteiger partial charge in [-0.15, -0.1) is 21.5 Å². The molecule has 0 unspecified atom stereocenters. The number of nitrogens with zero attached hydrogens (tertiary/aromatic N) is 6. The fourth-order valence-corrected chi connectivity index (χ4v) is 3.24. The molecule has 24 heavy (non-hydrogen) atoms. The Hall–Kier alpha value is -2.94. The SMILES string of the molecule is Cc1csc2nc(Cn3nnc(-c4ccc(F)cc4)n3)cc(=O)n12. The van der Waals surface area contributed by atoms with Gasteiger partial charge in [0.15, 0.2) is 4.96 Å². The molecular formula is C15H11FN6OS. The number of benzene rings is 1. The number of hydrogen-bond acceptors (Lipinski definition) is 6. The summed E-state index contributed by atoms with van der Waals surface area (Å²) in [7, 11) is 0. The molecule has 3 aromatic heterocycles. The molecule has 0 spiro atoms. The second-order valence-corrected chi connectivity index (χ2v) is 6.07. The van der Waals surface area contributed by atoms with Gasteiger partial charge >= 0.3 is 0 Å². The van der Waals surface area contributed by atoms with Crippen LogP contribution in [0, 0.1) is 12.7 Å². The summed E-state index contributed by atoms with van der Waals surface area (Å²) in [6.45, 7) is 2.09. The van der Waals surface area contributed by atoms with Crippen LogP contribution in [0.5, 0.6) is 0 Å². The van der Waals surface area contributed by atoms with Crippen molar-refractivity contribution >= 4 is 16.3 Å². The first-order valence-electron chi connectivity index (χ1n) is 7.11. The summed E-state index contributed by atoms with van der Waals surface area (Å²) in [4.78, 5) is 18.6. The summed E-state index contributed by atoms with van der Waals surface area (Å²) in [5.41, 5.74) is 1.95. The molecule has 0 amide bonds. The van der Waals surface area contributed by atoms with Crippen molar-refractivity contribution in [2.75, 3.05) is 0 Å². The van der Waals surface area contributed by atoms with Crippen LogP contribution in [0.1, 0.15) is 11.4 Å². The van der Waals surface area contributed by atoms with E-state index in [0.29, 0.717) is 22.0 Å². The van der Waals surface area contributed by atoms with E-state index in [0.717, 1.165) is 5.69 Å². The highest BCUT2D eigenvalue weighted by Crippen LogP contribution is 2.14. The van der Waals surface area contributed by atoms with Gasteiger partial charge in [0.25, 0.3) is 5.56 Å². The van der Waals surface area contributed by atoms with Crippen molar-refractivity contribution in [3.8, 4) is 11.4 Å². The summed E-state index contributed by atoms with van der Waals surface area (Å²) in [6, 6.07) is 7.31. The Bertz CT molecular complexity index is 1080. The van der Waals surface area contributed by atoms with Crippen molar-refractivity contribution in [1.82, 2.24) is 29.6 Å². The lowest BCUT2D eigenvalue weighted by atomic mass is 10.2. The summed E-state index contributed by atoms with van der Waals surface area (Å²) < 4.78 is 14.5. The van der Waals surface area contributed by atoms with Crippen LogP contribution in [0.2, 0.25) is 0 Å². The Morgan fingerprint density at radius 2 is 2.04 bits per heavy atom. The third-order valence-electron chi connectivity index (χ3n) is 3.49. The molecule has 0 aliphatic carbocycles. The van der Waals surface area contributed by atoms with Gasteiger partial charge in [0.2, 0.25) is 5.82 Å². The highest BCUT2D eigenvalue weighted by atomic mass is 32.1. The van der Waals surface area contributed by atoms with Gasteiger partial charge in [-0.3, -0.25) is 9.20 Å². The van der Waals surface area contributed by atoms with E-state index in [2.05, 4.69) is 20.4 Å². The Labute approximate surface area is 139 Å². The fourth-order valence-electron chi connectivity index (χ4n) is 2.35. The Balaban J connectivity index is 1.64. The van der Waals surface area contributed by atoms with Crippen LogP contribution in [0.4, 0.5) is 4.39 Å². The maximum absolute atomic E-state index is 13.0. The van der Waals surface area contributed by atoms with E-state index >= 15 is 0 Å². The first-order chi connectivity index (χ1) is 11.6. The molecule has 4 aromatic rings. The Morgan fingerprint density at radius 1 is 1.25 bits per heavy atom. The van der Waals surface area contributed by atoms with Crippen molar-refractivity contribution in [1.29, 1.82) is 0 Å².